The fraction of sp³-hybridized carbons (Fsp3) is 0.421. The van der Waals surface area contributed by atoms with Crippen LogP contribution in [0.15, 0.2) is 30.9 Å². The van der Waals surface area contributed by atoms with Gasteiger partial charge >= 0.3 is 0 Å². The molecule has 3 aromatic rings. The number of pyridine rings is 1. The first-order valence-electron chi connectivity index (χ1n) is 8.75. The van der Waals surface area contributed by atoms with Crippen molar-refractivity contribution in [1.29, 1.82) is 0 Å². The third-order valence-electron chi connectivity index (χ3n) is 5.00. The minimum atomic E-state index is -2.91. The molecule has 3 aromatic heterocycles. The predicted octanol–water partition coefficient (Wildman–Crippen LogP) is 3.17. The number of likely N-dealkylation sites (N-methyl/N-ethyl adjacent to an activating group) is 1. The summed E-state index contributed by atoms with van der Waals surface area (Å²) in [4.78, 5) is 14.9. The summed E-state index contributed by atoms with van der Waals surface area (Å²) in [7, 11) is 2.12. The average Bonchev–Trinajstić information content (AvgIpc) is 2.93. The Morgan fingerprint density at radius 1 is 1.19 bits per heavy atom. The van der Waals surface area contributed by atoms with E-state index in [9.17, 15) is 8.78 Å². The zero-order valence-corrected chi connectivity index (χ0v) is 14.9. The van der Waals surface area contributed by atoms with Crippen LogP contribution in [0.4, 0.5) is 8.78 Å². The summed E-state index contributed by atoms with van der Waals surface area (Å²) in [5.74, 6) is -2.91. The smallest absolute Gasteiger partial charge is 0.286 e. The SMILES string of the molecule is CN1CCc2c(c3cncnc3n2CCc2ccc(C(C)(F)F)nc2)C1. The third kappa shape index (κ3) is 3.07. The summed E-state index contributed by atoms with van der Waals surface area (Å²) in [6.07, 6.45) is 6.71. The maximum atomic E-state index is 13.3. The van der Waals surface area contributed by atoms with Crippen LogP contribution in [0.25, 0.3) is 11.0 Å². The first-order valence-corrected chi connectivity index (χ1v) is 8.75. The zero-order chi connectivity index (χ0) is 18.3. The molecule has 136 valence electrons. The van der Waals surface area contributed by atoms with E-state index in [1.165, 1.54) is 17.3 Å². The molecule has 7 heteroatoms. The number of hydrogen-bond donors (Lipinski definition) is 0. The van der Waals surface area contributed by atoms with E-state index in [4.69, 9.17) is 0 Å². The van der Waals surface area contributed by atoms with Crippen LogP contribution in [0.1, 0.15) is 29.4 Å². The minimum Gasteiger partial charge on any atom is -0.329 e. The second kappa shape index (κ2) is 6.39. The summed E-state index contributed by atoms with van der Waals surface area (Å²) in [5.41, 5.74) is 4.30. The van der Waals surface area contributed by atoms with Crippen LogP contribution in [-0.4, -0.2) is 38.0 Å². The van der Waals surface area contributed by atoms with Gasteiger partial charge in [0.05, 0.1) is 0 Å². The van der Waals surface area contributed by atoms with Gasteiger partial charge < -0.3 is 9.47 Å². The maximum absolute atomic E-state index is 13.3. The Morgan fingerprint density at radius 2 is 2.04 bits per heavy atom. The highest BCUT2D eigenvalue weighted by molar-refractivity contribution is 5.81. The van der Waals surface area contributed by atoms with Gasteiger partial charge in [-0.25, -0.2) is 9.97 Å². The average molecular weight is 357 g/mol. The Bertz CT molecular complexity index is 927. The number of nitrogens with zero attached hydrogens (tertiary/aromatic N) is 5. The molecule has 0 radical (unpaired) electrons. The molecule has 1 aliphatic rings. The third-order valence-corrected chi connectivity index (χ3v) is 5.00. The zero-order valence-electron chi connectivity index (χ0n) is 14.9. The number of alkyl halides is 2. The van der Waals surface area contributed by atoms with Crippen molar-refractivity contribution in [2.45, 2.75) is 38.8 Å². The number of fused-ring (bicyclic) bond motifs is 3. The van der Waals surface area contributed by atoms with Crippen molar-refractivity contribution in [2.75, 3.05) is 13.6 Å². The van der Waals surface area contributed by atoms with Crippen molar-refractivity contribution < 1.29 is 8.78 Å². The van der Waals surface area contributed by atoms with E-state index in [1.807, 2.05) is 6.20 Å². The maximum Gasteiger partial charge on any atom is 0.286 e. The van der Waals surface area contributed by atoms with Crippen molar-refractivity contribution in [3.8, 4) is 0 Å². The molecular formula is C19H21F2N5. The lowest BCUT2D eigenvalue weighted by Crippen LogP contribution is -2.27. The number of aryl methyl sites for hydroxylation is 2. The van der Waals surface area contributed by atoms with Gasteiger partial charge in [-0.3, -0.25) is 4.98 Å². The van der Waals surface area contributed by atoms with E-state index in [0.717, 1.165) is 56.0 Å². The monoisotopic (exact) mass is 357 g/mol. The Labute approximate surface area is 150 Å². The Morgan fingerprint density at radius 3 is 2.77 bits per heavy atom. The summed E-state index contributed by atoms with van der Waals surface area (Å²) in [6, 6.07) is 3.15. The summed E-state index contributed by atoms with van der Waals surface area (Å²) in [5, 5.41) is 1.10. The van der Waals surface area contributed by atoms with Gasteiger partial charge in [-0.05, 0) is 30.7 Å². The number of halogens is 2. The largest absolute Gasteiger partial charge is 0.329 e. The quantitative estimate of drug-likeness (QED) is 0.720. The van der Waals surface area contributed by atoms with Gasteiger partial charge in [0, 0.05) is 56.5 Å². The fourth-order valence-corrected chi connectivity index (χ4v) is 3.62. The molecule has 0 unspecified atom stereocenters. The van der Waals surface area contributed by atoms with Crippen LogP contribution in [0, 0.1) is 0 Å². The molecule has 0 aliphatic carbocycles. The van der Waals surface area contributed by atoms with Crippen molar-refractivity contribution in [3.05, 3.63) is 53.4 Å². The van der Waals surface area contributed by atoms with E-state index in [-0.39, 0.29) is 5.69 Å². The number of rotatable bonds is 4. The van der Waals surface area contributed by atoms with Crippen molar-refractivity contribution in [3.63, 3.8) is 0 Å². The molecular weight excluding hydrogens is 336 g/mol. The molecule has 1 aliphatic heterocycles. The first kappa shape index (κ1) is 17.0. The second-order valence-corrected chi connectivity index (χ2v) is 7.01. The highest BCUT2D eigenvalue weighted by atomic mass is 19.3. The highest BCUT2D eigenvalue weighted by Gasteiger charge is 2.26. The highest BCUT2D eigenvalue weighted by Crippen LogP contribution is 2.29. The van der Waals surface area contributed by atoms with Gasteiger partial charge in [0.1, 0.15) is 17.7 Å². The Kier molecular flexibility index (Phi) is 4.19. The van der Waals surface area contributed by atoms with Crippen LogP contribution in [0.2, 0.25) is 0 Å². The molecule has 0 spiro atoms. The molecule has 4 rings (SSSR count). The van der Waals surface area contributed by atoms with E-state index in [1.54, 1.807) is 18.6 Å². The van der Waals surface area contributed by atoms with Crippen molar-refractivity contribution >= 4 is 11.0 Å². The number of aromatic nitrogens is 4. The predicted molar refractivity (Wildman–Crippen MR) is 95.1 cm³/mol. The van der Waals surface area contributed by atoms with Gasteiger partial charge in [0.25, 0.3) is 5.92 Å². The molecule has 0 atom stereocenters. The van der Waals surface area contributed by atoms with Crippen molar-refractivity contribution in [1.82, 2.24) is 24.4 Å². The molecule has 0 bridgehead atoms. The lowest BCUT2D eigenvalue weighted by Gasteiger charge is -2.24. The van der Waals surface area contributed by atoms with Gasteiger partial charge in [0.15, 0.2) is 0 Å². The van der Waals surface area contributed by atoms with Crippen LogP contribution in [0.3, 0.4) is 0 Å². The molecule has 0 aromatic carbocycles. The Hall–Kier alpha value is -2.41. The number of hydrogen-bond acceptors (Lipinski definition) is 4. The molecule has 4 heterocycles. The summed E-state index contributed by atoms with van der Waals surface area (Å²) in [6.45, 7) is 3.52. The molecule has 0 saturated heterocycles. The molecule has 26 heavy (non-hydrogen) atoms. The summed E-state index contributed by atoms with van der Waals surface area (Å²) >= 11 is 0. The van der Waals surface area contributed by atoms with Gasteiger partial charge in [-0.1, -0.05) is 6.07 Å². The Balaban J connectivity index is 1.62. The topological polar surface area (TPSA) is 46.8 Å². The van der Waals surface area contributed by atoms with Crippen LogP contribution in [0.5, 0.6) is 0 Å². The normalized spacial score (nSPS) is 15.4. The van der Waals surface area contributed by atoms with E-state index >= 15 is 0 Å². The lowest BCUT2D eigenvalue weighted by molar-refractivity contribution is 0.0127. The molecule has 5 nitrogen and oxygen atoms in total. The molecule has 0 saturated carbocycles. The van der Waals surface area contributed by atoms with Gasteiger partial charge in [0.2, 0.25) is 0 Å². The van der Waals surface area contributed by atoms with E-state index in [2.05, 4.69) is 31.5 Å². The summed E-state index contributed by atoms with van der Waals surface area (Å²) < 4.78 is 28.9. The van der Waals surface area contributed by atoms with Crippen LogP contribution in [-0.2, 0) is 31.9 Å². The molecule has 0 N–H and O–H groups in total. The van der Waals surface area contributed by atoms with Gasteiger partial charge in [-0.2, -0.15) is 8.78 Å². The lowest BCUT2D eigenvalue weighted by atomic mass is 10.1. The van der Waals surface area contributed by atoms with Crippen LogP contribution >= 0.6 is 0 Å². The second-order valence-electron chi connectivity index (χ2n) is 7.01. The van der Waals surface area contributed by atoms with Crippen LogP contribution < -0.4 is 0 Å². The molecule has 0 fully saturated rings. The molecule has 0 amide bonds. The standard InChI is InChI=1S/C19H21F2N5/c1-19(20,21)17-4-3-13(9-23-17)5-8-26-16-6-7-25(2)11-15(16)14-10-22-12-24-18(14)26/h3-4,9-10,12H,5-8,11H2,1-2H3. The van der Waals surface area contributed by atoms with Crippen molar-refractivity contribution in [2.24, 2.45) is 0 Å². The first-order chi connectivity index (χ1) is 12.4. The van der Waals surface area contributed by atoms with Gasteiger partial charge in [-0.15, -0.1) is 0 Å². The van der Waals surface area contributed by atoms with E-state index < -0.39 is 5.92 Å². The van der Waals surface area contributed by atoms with E-state index in [0.29, 0.717) is 0 Å². The fourth-order valence-electron chi connectivity index (χ4n) is 3.62. The minimum absolute atomic E-state index is 0.194.